The standard InChI is InChI=1S/C11H10N2O3S2/c12-18(15,16)11-9(6-7-17-11)10(14)13-8-4-2-1-3-5-8/h1-7H,(H,13,14)(H2,12,15,16). The van der Waals surface area contributed by atoms with E-state index in [1.54, 1.807) is 24.3 Å². The lowest BCUT2D eigenvalue weighted by atomic mass is 10.3. The first-order valence-corrected chi connectivity index (χ1v) is 7.38. The summed E-state index contributed by atoms with van der Waals surface area (Å²) in [6.07, 6.45) is 0. The van der Waals surface area contributed by atoms with Crippen molar-refractivity contribution in [3.63, 3.8) is 0 Å². The minimum Gasteiger partial charge on any atom is -0.322 e. The average Bonchev–Trinajstić information content (AvgIpc) is 2.79. The molecule has 94 valence electrons. The molecular formula is C11H10N2O3S2. The largest absolute Gasteiger partial charge is 0.322 e. The summed E-state index contributed by atoms with van der Waals surface area (Å²) in [4.78, 5) is 11.9. The first-order valence-electron chi connectivity index (χ1n) is 4.95. The van der Waals surface area contributed by atoms with Crippen LogP contribution in [0.25, 0.3) is 0 Å². The van der Waals surface area contributed by atoms with Crippen LogP contribution in [0.1, 0.15) is 10.4 Å². The molecule has 0 unspecified atom stereocenters. The van der Waals surface area contributed by atoms with Crippen LogP contribution in [-0.2, 0) is 10.0 Å². The van der Waals surface area contributed by atoms with Crippen LogP contribution in [0.4, 0.5) is 5.69 Å². The van der Waals surface area contributed by atoms with E-state index in [2.05, 4.69) is 5.32 Å². The monoisotopic (exact) mass is 282 g/mol. The number of para-hydroxylation sites is 1. The smallest absolute Gasteiger partial charge is 0.257 e. The van der Waals surface area contributed by atoms with Crippen molar-refractivity contribution >= 4 is 33.0 Å². The summed E-state index contributed by atoms with van der Waals surface area (Å²) in [5.74, 6) is -0.494. The summed E-state index contributed by atoms with van der Waals surface area (Å²) >= 11 is 0.922. The highest BCUT2D eigenvalue weighted by Gasteiger charge is 2.20. The van der Waals surface area contributed by atoms with Crippen molar-refractivity contribution in [2.24, 2.45) is 5.14 Å². The summed E-state index contributed by atoms with van der Waals surface area (Å²) in [5.41, 5.74) is 0.653. The summed E-state index contributed by atoms with van der Waals surface area (Å²) < 4.78 is 22.4. The molecule has 0 atom stereocenters. The van der Waals surface area contributed by atoms with E-state index in [9.17, 15) is 13.2 Å². The van der Waals surface area contributed by atoms with Crippen LogP contribution in [0.3, 0.4) is 0 Å². The molecule has 0 bridgehead atoms. The maximum atomic E-state index is 11.9. The number of carbonyl (C=O) groups is 1. The van der Waals surface area contributed by atoms with Crippen LogP contribution >= 0.6 is 11.3 Å². The Morgan fingerprint density at radius 2 is 1.83 bits per heavy atom. The molecule has 0 saturated carbocycles. The van der Waals surface area contributed by atoms with Gasteiger partial charge in [0.1, 0.15) is 4.21 Å². The molecule has 0 aliphatic heterocycles. The van der Waals surface area contributed by atoms with Crippen LogP contribution in [0.5, 0.6) is 0 Å². The van der Waals surface area contributed by atoms with E-state index < -0.39 is 15.9 Å². The van der Waals surface area contributed by atoms with Crippen molar-refractivity contribution < 1.29 is 13.2 Å². The van der Waals surface area contributed by atoms with Gasteiger partial charge in [-0.15, -0.1) is 11.3 Å². The van der Waals surface area contributed by atoms with Crippen LogP contribution in [0, 0.1) is 0 Å². The van der Waals surface area contributed by atoms with Gasteiger partial charge in [0.2, 0.25) is 10.0 Å². The normalized spacial score (nSPS) is 11.2. The molecule has 3 N–H and O–H groups in total. The third-order valence-electron chi connectivity index (χ3n) is 2.16. The number of nitrogens with two attached hydrogens (primary N) is 1. The Hall–Kier alpha value is -1.70. The molecule has 2 aromatic rings. The average molecular weight is 282 g/mol. The van der Waals surface area contributed by atoms with Crippen molar-refractivity contribution in [1.29, 1.82) is 0 Å². The van der Waals surface area contributed by atoms with Crippen molar-refractivity contribution in [1.82, 2.24) is 0 Å². The number of thiophene rings is 1. The fraction of sp³-hybridized carbons (Fsp3) is 0. The quantitative estimate of drug-likeness (QED) is 0.897. The predicted molar refractivity (Wildman–Crippen MR) is 70.1 cm³/mol. The first kappa shape index (κ1) is 12.7. The van der Waals surface area contributed by atoms with Gasteiger partial charge in [0, 0.05) is 5.69 Å². The molecule has 7 heteroatoms. The van der Waals surface area contributed by atoms with Gasteiger partial charge in [-0.2, -0.15) is 0 Å². The second-order valence-electron chi connectivity index (χ2n) is 3.49. The molecule has 0 fully saturated rings. The number of carbonyl (C=O) groups excluding carboxylic acids is 1. The van der Waals surface area contributed by atoms with Crippen molar-refractivity contribution in [2.45, 2.75) is 4.21 Å². The van der Waals surface area contributed by atoms with E-state index in [4.69, 9.17) is 5.14 Å². The highest BCUT2D eigenvalue weighted by Crippen LogP contribution is 2.22. The second kappa shape index (κ2) is 4.89. The zero-order valence-corrected chi connectivity index (χ0v) is 10.8. The number of hydrogen-bond donors (Lipinski definition) is 2. The Kier molecular flexibility index (Phi) is 3.46. The van der Waals surface area contributed by atoms with E-state index in [1.165, 1.54) is 11.4 Å². The van der Waals surface area contributed by atoms with E-state index in [-0.39, 0.29) is 9.77 Å². The SMILES string of the molecule is NS(=O)(=O)c1sccc1C(=O)Nc1ccccc1. The minimum atomic E-state index is -3.87. The van der Waals surface area contributed by atoms with Gasteiger partial charge in [-0.3, -0.25) is 4.79 Å². The van der Waals surface area contributed by atoms with Gasteiger partial charge in [-0.1, -0.05) is 18.2 Å². The van der Waals surface area contributed by atoms with Gasteiger partial charge in [0.25, 0.3) is 5.91 Å². The lowest BCUT2D eigenvalue weighted by Gasteiger charge is -2.04. The Labute approximate surface area is 108 Å². The van der Waals surface area contributed by atoms with Crippen molar-refractivity contribution in [3.8, 4) is 0 Å². The molecule has 2 rings (SSSR count). The Balaban J connectivity index is 2.28. The minimum absolute atomic E-state index is 0.0614. The van der Waals surface area contributed by atoms with Gasteiger partial charge in [-0.05, 0) is 23.6 Å². The van der Waals surface area contributed by atoms with E-state index in [1.807, 2.05) is 6.07 Å². The van der Waals surface area contributed by atoms with Crippen molar-refractivity contribution in [3.05, 3.63) is 47.3 Å². The highest BCUT2D eigenvalue weighted by atomic mass is 32.2. The van der Waals surface area contributed by atoms with Gasteiger partial charge in [0.05, 0.1) is 5.56 Å². The Morgan fingerprint density at radius 1 is 1.17 bits per heavy atom. The Morgan fingerprint density at radius 3 is 2.44 bits per heavy atom. The predicted octanol–water partition coefficient (Wildman–Crippen LogP) is 1.65. The number of anilines is 1. The third-order valence-corrected chi connectivity index (χ3v) is 4.59. The van der Waals surface area contributed by atoms with E-state index in [0.29, 0.717) is 5.69 Å². The number of sulfonamides is 1. The molecule has 0 saturated heterocycles. The fourth-order valence-corrected chi connectivity index (χ4v) is 3.19. The van der Waals surface area contributed by atoms with E-state index in [0.717, 1.165) is 11.3 Å². The lowest BCUT2D eigenvalue weighted by molar-refractivity contribution is 0.102. The van der Waals surface area contributed by atoms with Crippen molar-refractivity contribution in [2.75, 3.05) is 5.32 Å². The molecule has 1 heterocycles. The van der Waals surface area contributed by atoms with Crippen LogP contribution in [0.2, 0.25) is 0 Å². The number of hydrogen-bond acceptors (Lipinski definition) is 4. The third kappa shape index (κ3) is 2.76. The summed E-state index contributed by atoms with van der Waals surface area (Å²) in [6, 6.07) is 10.2. The zero-order chi connectivity index (χ0) is 13.2. The number of rotatable bonds is 3. The zero-order valence-electron chi connectivity index (χ0n) is 9.16. The summed E-state index contributed by atoms with van der Waals surface area (Å²) in [6.45, 7) is 0. The number of nitrogens with one attached hydrogen (secondary N) is 1. The fourth-order valence-electron chi connectivity index (χ4n) is 1.40. The van der Waals surface area contributed by atoms with Gasteiger partial charge >= 0.3 is 0 Å². The second-order valence-corrected chi connectivity index (χ2v) is 6.16. The van der Waals surface area contributed by atoms with E-state index >= 15 is 0 Å². The Bertz CT molecular complexity index is 663. The number of primary sulfonamides is 1. The molecule has 0 radical (unpaired) electrons. The molecule has 0 aliphatic carbocycles. The molecule has 1 aromatic heterocycles. The highest BCUT2D eigenvalue weighted by molar-refractivity contribution is 7.91. The topological polar surface area (TPSA) is 89.3 Å². The number of amides is 1. The molecule has 5 nitrogen and oxygen atoms in total. The summed E-state index contributed by atoms with van der Waals surface area (Å²) in [5, 5.41) is 9.15. The molecular weight excluding hydrogens is 272 g/mol. The molecule has 0 aliphatic rings. The van der Waals surface area contributed by atoms with Gasteiger partial charge in [-0.25, -0.2) is 13.6 Å². The van der Waals surface area contributed by atoms with Gasteiger partial charge < -0.3 is 5.32 Å². The van der Waals surface area contributed by atoms with Crippen LogP contribution in [-0.4, -0.2) is 14.3 Å². The first-order chi connectivity index (χ1) is 8.48. The van der Waals surface area contributed by atoms with Crippen LogP contribution < -0.4 is 10.5 Å². The molecule has 1 aromatic carbocycles. The van der Waals surface area contributed by atoms with Gasteiger partial charge in [0.15, 0.2) is 0 Å². The lowest BCUT2D eigenvalue weighted by Crippen LogP contribution is -2.18. The molecule has 18 heavy (non-hydrogen) atoms. The maximum absolute atomic E-state index is 11.9. The molecule has 1 amide bonds. The maximum Gasteiger partial charge on any atom is 0.257 e. The van der Waals surface area contributed by atoms with Crippen LogP contribution in [0.15, 0.2) is 46.0 Å². The number of benzene rings is 1. The molecule has 0 spiro atoms. The summed E-state index contributed by atoms with van der Waals surface area (Å²) in [7, 11) is -3.87.